The predicted molar refractivity (Wildman–Crippen MR) is 54.2 cm³/mol. The van der Waals surface area contributed by atoms with E-state index < -0.39 is 6.10 Å². The number of rotatable bonds is 7. The first-order valence-electron chi connectivity index (χ1n) is 5.03. The van der Waals surface area contributed by atoms with E-state index in [0.29, 0.717) is 0 Å². The minimum atomic E-state index is -0.802. The van der Waals surface area contributed by atoms with E-state index in [1.807, 2.05) is 27.7 Å². The van der Waals surface area contributed by atoms with Gasteiger partial charge in [-0.15, -0.1) is 0 Å². The largest absolute Gasteiger partial charge is 0.394 e. The molecule has 0 aromatic rings. The summed E-state index contributed by atoms with van der Waals surface area (Å²) in [6, 6.07) is 0. The zero-order chi connectivity index (χ0) is 11.1. The second kappa shape index (κ2) is 7.17. The van der Waals surface area contributed by atoms with Crippen LogP contribution in [0.4, 0.5) is 0 Å². The molecule has 4 heteroatoms. The Morgan fingerprint density at radius 2 is 1.64 bits per heavy atom. The predicted octanol–water partition coefficient (Wildman–Crippen LogP) is 0.558. The van der Waals surface area contributed by atoms with Crippen LogP contribution in [-0.2, 0) is 9.47 Å². The third-order valence-corrected chi connectivity index (χ3v) is 1.91. The molecule has 0 bridgehead atoms. The maximum absolute atomic E-state index is 9.05. The molecule has 0 aromatic carbocycles. The van der Waals surface area contributed by atoms with Gasteiger partial charge in [0.1, 0.15) is 6.10 Å². The molecule has 14 heavy (non-hydrogen) atoms. The second-order valence-corrected chi connectivity index (χ2v) is 3.76. The van der Waals surface area contributed by atoms with Gasteiger partial charge in [0.25, 0.3) is 0 Å². The smallest absolute Gasteiger partial charge is 0.100 e. The fraction of sp³-hybridized carbons (Fsp3) is 1.00. The van der Waals surface area contributed by atoms with Crippen molar-refractivity contribution in [1.82, 2.24) is 0 Å². The summed E-state index contributed by atoms with van der Waals surface area (Å²) in [5, 5.41) is 17.6. The summed E-state index contributed by atoms with van der Waals surface area (Å²) in [6.45, 7) is 7.61. The van der Waals surface area contributed by atoms with E-state index in [1.165, 1.54) is 0 Å². The molecule has 86 valence electrons. The van der Waals surface area contributed by atoms with E-state index in [9.17, 15) is 0 Å². The maximum Gasteiger partial charge on any atom is 0.100 e. The molecular weight excluding hydrogens is 184 g/mol. The van der Waals surface area contributed by atoms with Gasteiger partial charge in [-0.1, -0.05) is 0 Å². The molecule has 0 aromatic heterocycles. The third-order valence-electron chi connectivity index (χ3n) is 1.91. The van der Waals surface area contributed by atoms with Gasteiger partial charge in [-0.2, -0.15) is 0 Å². The molecular formula is C10H22O4. The summed E-state index contributed by atoms with van der Waals surface area (Å²) in [4.78, 5) is 0. The standard InChI is InChI=1S/C10H22O4/c1-7(2)14-9(4)8(3)13-6-10(12)5-11/h7-12H,5-6H2,1-4H3. The van der Waals surface area contributed by atoms with Gasteiger partial charge in [-0.25, -0.2) is 0 Å². The highest BCUT2D eigenvalue weighted by Crippen LogP contribution is 2.06. The molecule has 0 spiro atoms. The molecule has 0 fully saturated rings. The average Bonchev–Trinajstić information content (AvgIpc) is 2.12. The van der Waals surface area contributed by atoms with Crippen molar-refractivity contribution in [3.63, 3.8) is 0 Å². The number of aliphatic hydroxyl groups is 2. The lowest BCUT2D eigenvalue weighted by Gasteiger charge is -2.23. The van der Waals surface area contributed by atoms with Gasteiger partial charge in [0, 0.05) is 0 Å². The van der Waals surface area contributed by atoms with Gasteiger partial charge < -0.3 is 19.7 Å². The van der Waals surface area contributed by atoms with E-state index in [0.717, 1.165) is 0 Å². The van der Waals surface area contributed by atoms with E-state index >= 15 is 0 Å². The quantitative estimate of drug-likeness (QED) is 0.639. The van der Waals surface area contributed by atoms with Crippen LogP contribution in [0.1, 0.15) is 27.7 Å². The molecule has 0 saturated heterocycles. The van der Waals surface area contributed by atoms with E-state index in [-0.39, 0.29) is 31.5 Å². The van der Waals surface area contributed by atoms with Crippen LogP contribution in [-0.4, -0.2) is 47.8 Å². The highest BCUT2D eigenvalue weighted by atomic mass is 16.5. The van der Waals surface area contributed by atoms with Crippen LogP contribution in [0.3, 0.4) is 0 Å². The van der Waals surface area contributed by atoms with Gasteiger partial charge in [0.05, 0.1) is 31.5 Å². The Balaban J connectivity index is 3.66. The lowest BCUT2D eigenvalue weighted by molar-refractivity contribution is -0.0979. The molecule has 0 amide bonds. The van der Waals surface area contributed by atoms with Crippen molar-refractivity contribution in [2.24, 2.45) is 0 Å². The Bertz CT molecular complexity index is 138. The van der Waals surface area contributed by atoms with E-state index in [4.69, 9.17) is 19.7 Å². The SMILES string of the molecule is CC(C)OC(C)C(C)OCC(O)CO. The molecule has 0 rings (SSSR count). The Morgan fingerprint density at radius 3 is 2.07 bits per heavy atom. The van der Waals surface area contributed by atoms with Gasteiger partial charge in [-0.05, 0) is 27.7 Å². The number of hydrogen-bond donors (Lipinski definition) is 2. The van der Waals surface area contributed by atoms with Crippen molar-refractivity contribution < 1.29 is 19.7 Å². The normalized spacial score (nSPS) is 18.2. The van der Waals surface area contributed by atoms with Crippen LogP contribution in [0, 0.1) is 0 Å². The molecule has 3 unspecified atom stereocenters. The molecule has 4 nitrogen and oxygen atoms in total. The zero-order valence-electron chi connectivity index (χ0n) is 9.43. The number of hydrogen-bond acceptors (Lipinski definition) is 4. The highest BCUT2D eigenvalue weighted by Gasteiger charge is 2.15. The summed E-state index contributed by atoms with van der Waals surface area (Å²) in [6.07, 6.45) is -0.734. The molecule has 0 heterocycles. The minimum Gasteiger partial charge on any atom is -0.394 e. The topological polar surface area (TPSA) is 58.9 Å². The van der Waals surface area contributed by atoms with Gasteiger partial charge in [0.2, 0.25) is 0 Å². The van der Waals surface area contributed by atoms with Crippen molar-refractivity contribution >= 4 is 0 Å². The Kier molecular flexibility index (Phi) is 7.09. The van der Waals surface area contributed by atoms with E-state index in [1.54, 1.807) is 0 Å². The van der Waals surface area contributed by atoms with Crippen LogP contribution in [0.5, 0.6) is 0 Å². The number of ether oxygens (including phenoxy) is 2. The summed E-state index contributed by atoms with van der Waals surface area (Å²) in [5.41, 5.74) is 0. The molecule has 0 radical (unpaired) electrons. The first-order chi connectivity index (χ1) is 6.47. The van der Waals surface area contributed by atoms with Gasteiger partial charge in [-0.3, -0.25) is 0 Å². The summed E-state index contributed by atoms with van der Waals surface area (Å²) >= 11 is 0. The van der Waals surface area contributed by atoms with Crippen LogP contribution < -0.4 is 0 Å². The van der Waals surface area contributed by atoms with Crippen LogP contribution in [0.2, 0.25) is 0 Å². The van der Waals surface area contributed by atoms with Crippen molar-refractivity contribution in [1.29, 1.82) is 0 Å². The van der Waals surface area contributed by atoms with Gasteiger partial charge >= 0.3 is 0 Å². The van der Waals surface area contributed by atoms with Crippen molar-refractivity contribution in [2.75, 3.05) is 13.2 Å². The summed E-state index contributed by atoms with van der Waals surface area (Å²) < 4.78 is 10.8. The molecule has 0 saturated carbocycles. The average molecular weight is 206 g/mol. The fourth-order valence-corrected chi connectivity index (χ4v) is 0.991. The highest BCUT2D eigenvalue weighted by molar-refractivity contribution is 4.62. The molecule has 2 N–H and O–H groups in total. The first-order valence-corrected chi connectivity index (χ1v) is 5.03. The number of aliphatic hydroxyl groups excluding tert-OH is 2. The summed E-state index contributed by atoms with van der Waals surface area (Å²) in [5.74, 6) is 0. The van der Waals surface area contributed by atoms with Crippen LogP contribution in [0.15, 0.2) is 0 Å². The Morgan fingerprint density at radius 1 is 1.07 bits per heavy atom. The van der Waals surface area contributed by atoms with Gasteiger partial charge in [0.15, 0.2) is 0 Å². The first kappa shape index (κ1) is 13.8. The second-order valence-electron chi connectivity index (χ2n) is 3.76. The van der Waals surface area contributed by atoms with Crippen molar-refractivity contribution in [2.45, 2.75) is 52.1 Å². The zero-order valence-corrected chi connectivity index (χ0v) is 9.43. The molecule has 0 aliphatic heterocycles. The maximum atomic E-state index is 9.05. The van der Waals surface area contributed by atoms with Crippen molar-refractivity contribution in [3.05, 3.63) is 0 Å². The van der Waals surface area contributed by atoms with E-state index in [2.05, 4.69) is 0 Å². The summed E-state index contributed by atoms with van der Waals surface area (Å²) in [7, 11) is 0. The minimum absolute atomic E-state index is 0.0131. The molecule has 0 aliphatic rings. The van der Waals surface area contributed by atoms with Crippen LogP contribution >= 0.6 is 0 Å². The van der Waals surface area contributed by atoms with Crippen molar-refractivity contribution in [3.8, 4) is 0 Å². The lowest BCUT2D eigenvalue weighted by atomic mass is 10.2. The Hall–Kier alpha value is -0.160. The lowest BCUT2D eigenvalue weighted by Crippen LogP contribution is -2.32. The fourth-order valence-electron chi connectivity index (χ4n) is 0.991. The molecule has 3 atom stereocenters. The van der Waals surface area contributed by atoms with Crippen LogP contribution in [0.25, 0.3) is 0 Å². The molecule has 0 aliphatic carbocycles. The monoisotopic (exact) mass is 206 g/mol. The Labute approximate surface area is 85.8 Å². The third kappa shape index (κ3) is 6.32.